The van der Waals surface area contributed by atoms with Gasteiger partial charge < -0.3 is 10.2 Å². The van der Waals surface area contributed by atoms with Crippen molar-refractivity contribution >= 4 is 5.91 Å². The third-order valence-corrected chi connectivity index (χ3v) is 4.62. The summed E-state index contributed by atoms with van der Waals surface area (Å²) < 4.78 is 0. The van der Waals surface area contributed by atoms with E-state index in [4.69, 9.17) is 0 Å². The van der Waals surface area contributed by atoms with Crippen LogP contribution in [0.15, 0.2) is 24.3 Å². The highest BCUT2D eigenvalue weighted by Gasteiger charge is 2.25. The van der Waals surface area contributed by atoms with E-state index < -0.39 is 0 Å². The molecule has 1 unspecified atom stereocenters. The molecule has 134 valence electrons. The fraction of sp³-hybridized carbons (Fsp3) is 0.650. The van der Waals surface area contributed by atoms with E-state index in [-0.39, 0.29) is 17.4 Å². The number of aryl methyl sites for hydroxylation is 1. The van der Waals surface area contributed by atoms with Gasteiger partial charge in [-0.1, -0.05) is 50.6 Å². The molecule has 4 nitrogen and oxygen atoms in total. The van der Waals surface area contributed by atoms with Gasteiger partial charge >= 0.3 is 0 Å². The molecule has 1 aliphatic heterocycles. The first-order valence-electron chi connectivity index (χ1n) is 9.00. The molecule has 0 aromatic heterocycles. The molecule has 0 spiro atoms. The van der Waals surface area contributed by atoms with Crippen LogP contribution in [0.3, 0.4) is 0 Å². The van der Waals surface area contributed by atoms with E-state index in [1.54, 1.807) is 0 Å². The number of carbonyl (C=O) groups is 1. The highest BCUT2D eigenvalue weighted by molar-refractivity contribution is 5.76. The Morgan fingerprint density at radius 3 is 2.25 bits per heavy atom. The Hall–Kier alpha value is -1.39. The number of nitrogens with one attached hydrogen (secondary N) is 1. The molecule has 0 aliphatic carbocycles. The minimum absolute atomic E-state index is 0.0251. The van der Waals surface area contributed by atoms with E-state index in [0.717, 1.165) is 26.2 Å². The molecule has 0 radical (unpaired) electrons. The zero-order chi connectivity index (χ0) is 17.7. The van der Waals surface area contributed by atoms with Crippen molar-refractivity contribution in [3.63, 3.8) is 0 Å². The minimum Gasteiger partial charge on any atom is -0.354 e. The van der Waals surface area contributed by atoms with E-state index >= 15 is 0 Å². The molecule has 1 aromatic rings. The SMILES string of the molecule is Cc1ccc(C(CNC(=O)CC(C)(C)C)N2CCN(C)CC2)cc1. The van der Waals surface area contributed by atoms with Crippen LogP contribution in [0.4, 0.5) is 0 Å². The van der Waals surface area contributed by atoms with Gasteiger partial charge in [-0.05, 0) is 24.9 Å². The van der Waals surface area contributed by atoms with Crippen LogP contribution in [0.2, 0.25) is 0 Å². The molecule has 1 N–H and O–H groups in total. The molecule has 24 heavy (non-hydrogen) atoms. The molecule has 1 heterocycles. The zero-order valence-corrected chi connectivity index (χ0v) is 15.9. The van der Waals surface area contributed by atoms with Crippen molar-refractivity contribution in [3.8, 4) is 0 Å². The van der Waals surface area contributed by atoms with Gasteiger partial charge in [0, 0.05) is 39.1 Å². The van der Waals surface area contributed by atoms with E-state index in [1.807, 2.05) is 0 Å². The second-order valence-electron chi connectivity index (χ2n) is 8.31. The van der Waals surface area contributed by atoms with Crippen LogP contribution in [0.5, 0.6) is 0 Å². The fourth-order valence-corrected chi connectivity index (χ4v) is 3.13. The minimum atomic E-state index is 0.0251. The second kappa shape index (κ2) is 8.13. The Balaban J connectivity index is 2.05. The molecule has 2 rings (SSSR count). The van der Waals surface area contributed by atoms with Crippen molar-refractivity contribution in [2.24, 2.45) is 5.41 Å². The Morgan fingerprint density at radius 1 is 1.12 bits per heavy atom. The number of likely N-dealkylation sites (N-methyl/N-ethyl adjacent to an activating group) is 1. The Bertz CT molecular complexity index is 525. The lowest BCUT2D eigenvalue weighted by atomic mass is 9.92. The van der Waals surface area contributed by atoms with Crippen molar-refractivity contribution in [2.75, 3.05) is 39.8 Å². The first-order chi connectivity index (χ1) is 11.2. The van der Waals surface area contributed by atoms with Crippen molar-refractivity contribution in [2.45, 2.75) is 40.2 Å². The lowest BCUT2D eigenvalue weighted by molar-refractivity contribution is -0.123. The van der Waals surface area contributed by atoms with E-state index in [0.29, 0.717) is 13.0 Å². The molecular weight excluding hydrogens is 298 g/mol. The summed E-state index contributed by atoms with van der Waals surface area (Å²) in [6.07, 6.45) is 0.566. The average Bonchev–Trinajstić information content (AvgIpc) is 2.49. The predicted octanol–water partition coefficient (Wildman–Crippen LogP) is 2.84. The number of carbonyl (C=O) groups excluding carboxylic acids is 1. The number of nitrogens with zero attached hydrogens (tertiary/aromatic N) is 2. The van der Waals surface area contributed by atoms with E-state index in [9.17, 15) is 4.79 Å². The maximum absolute atomic E-state index is 12.2. The number of benzene rings is 1. The smallest absolute Gasteiger partial charge is 0.220 e. The Morgan fingerprint density at radius 2 is 1.71 bits per heavy atom. The first-order valence-corrected chi connectivity index (χ1v) is 9.00. The molecule has 0 saturated carbocycles. The molecule has 1 aliphatic rings. The lowest BCUT2D eigenvalue weighted by Gasteiger charge is -2.38. The molecule has 0 bridgehead atoms. The third kappa shape index (κ3) is 5.91. The van der Waals surface area contributed by atoms with Gasteiger partial charge in [0.15, 0.2) is 0 Å². The number of hydrogen-bond donors (Lipinski definition) is 1. The topological polar surface area (TPSA) is 35.6 Å². The quantitative estimate of drug-likeness (QED) is 0.901. The van der Waals surface area contributed by atoms with Gasteiger partial charge in [0.25, 0.3) is 0 Å². The summed E-state index contributed by atoms with van der Waals surface area (Å²) in [6, 6.07) is 8.98. The van der Waals surface area contributed by atoms with Gasteiger partial charge in [-0.3, -0.25) is 9.69 Å². The number of hydrogen-bond acceptors (Lipinski definition) is 3. The predicted molar refractivity (Wildman–Crippen MR) is 100 cm³/mol. The molecule has 1 amide bonds. The van der Waals surface area contributed by atoms with Crippen molar-refractivity contribution in [1.82, 2.24) is 15.1 Å². The summed E-state index contributed by atoms with van der Waals surface area (Å²) in [5.74, 6) is 0.147. The summed E-state index contributed by atoms with van der Waals surface area (Å²) in [6.45, 7) is 13.4. The molecule has 1 aromatic carbocycles. The standard InChI is InChI=1S/C20H33N3O/c1-16-6-8-17(9-7-16)18(23-12-10-22(5)11-13-23)15-21-19(24)14-20(2,3)4/h6-9,18H,10-15H2,1-5H3,(H,21,24). The molecular formula is C20H33N3O. The van der Waals surface area contributed by atoms with Crippen molar-refractivity contribution < 1.29 is 4.79 Å². The van der Waals surface area contributed by atoms with Crippen LogP contribution in [0.25, 0.3) is 0 Å². The van der Waals surface area contributed by atoms with Crippen LogP contribution in [-0.2, 0) is 4.79 Å². The summed E-state index contributed by atoms with van der Waals surface area (Å²) in [5.41, 5.74) is 2.59. The van der Waals surface area contributed by atoms with Gasteiger partial charge in [-0.2, -0.15) is 0 Å². The normalized spacial score (nSPS) is 18.4. The Labute approximate surface area is 147 Å². The molecule has 4 heteroatoms. The van der Waals surface area contributed by atoms with Gasteiger partial charge in [0.2, 0.25) is 5.91 Å². The van der Waals surface area contributed by atoms with Crippen LogP contribution < -0.4 is 5.32 Å². The van der Waals surface area contributed by atoms with Crippen molar-refractivity contribution in [3.05, 3.63) is 35.4 Å². The highest BCUT2D eigenvalue weighted by atomic mass is 16.1. The fourth-order valence-electron chi connectivity index (χ4n) is 3.13. The highest BCUT2D eigenvalue weighted by Crippen LogP contribution is 2.23. The average molecular weight is 332 g/mol. The van der Waals surface area contributed by atoms with Gasteiger partial charge in [0.05, 0.1) is 6.04 Å². The van der Waals surface area contributed by atoms with Gasteiger partial charge in [0.1, 0.15) is 0 Å². The molecule has 1 saturated heterocycles. The molecule has 1 atom stereocenters. The largest absolute Gasteiger partial charge is 0.354 e. The number of rotatable bonds is 5. The third-order valence-electron chi connectivity index (χ3n) is 4.62. The first kappa shape index (κ1) is 18.9. The van der Waals surface area contributed by atoms with Gasteiger partial charge in [-0.15, -0.1) is 0 Å². The molecule has 1 fully saturated rings. The summed E-state index contributed by atoms with van der Waals surface area (Å²) in [4.78, 5) is 17.1. The number of piperazine rings is 1. The summed E-state index contributed by atoms with van der Waals surface area (Å²) in [7, 11) is 2.17. The number of amides is 1. The zero-order valence-electron chi connectivity index (χ0n) is 15.9. The van der Waals surface area contributed by atoms with Crippen LogP contribution in [0.1, 0.15) is 44.4 Å². The van der Waals surface area contributed by atoms with Crippen LogP contribution in [0, 0.1) is 12.3 Å². The van der Waals surface area contributed by atoms with Gasteiger partial charge in [-0.25, -0.2) is 0 Å². The van der Waals surface area contributed by atoms with Crippen LogP contribution >= 0.6 is 0 Å². The summed E-state index contributed by atoms with van der Waals surface area (Å²) in [5, 5.41) is 3.17. The maximum atomic E-state index is 12.2. The maximum Gasteiger partial charge on any atom is 0.220 e. The summed E-state index contributed by atoms with van der Waals surface area (Å²) >= 11 is 0. The Kier molecular flexibility index (Phi) is 6.41. The van der Waals surface area contributed by atoms with E-state index in [2.05, 4.69) is 74.1 Å². The van der Waals surface area contributed by atoms with Crippen LogP contribution in [-0.4, -0.2) is 55.5 Å². The lowest BCUT2D eigenvalue weighted by Crippen LogP contribution is -2.48. The van der Waals surface area contributed by atoms with E-state index in [1.165, 1.54) is 11.1 Å². The monoisotopic (exact) mass is 331 g/mol. The second-order valence-corrected chi connectivity index (χ2v) is 8.31. The van der Waals surface area contributed by atoms with Crippen molar-refractivity contribution in [1.29, 1.82) is 0 Å².